The Bertz CT molecular complexity index is 541. The third kappa shape index (κ3) is 2.14. The van der Waals surface area contributed by atoms with Crippen molar-refractivity contribution in [2.24, 2.45) is 34.5 Å². The molecule has 0 saturated heterocycles. The van der Waals surface area contributed by atoms with Crippen LogP contribution >= 0.6 is 0 Å². The summed E-state index contributed by atoms with van der Waals surface area (Å²) in [6.07, 6.45) is 8.88. The summed E-state index contributed by atoms with van der Waals surface area (Å²) >= 11 is 0. The lowest BCUT2D eigenvalue weighted by Crippen LogP contribution is -2.51. The third-order valence-electron chi connectivity index (χ3n) is 8.34. The molecule has 4 aliphatic rings. The standard InChI is InChI=1S/C20H30O3/c1-12(21)23-18-7-6-16-15-5-4-13-10-14(22)11-20(13,3)17(15)8-9-19(16,18)2/h13,15-18H,4-11H2,1-3H3/t13-,15-,16-,17-,18-,19-,20-/m0/s1. The van der Waals surface area contributed by atoms with E-state index in [2.05, 4.69) is 13.8 Å². The zero-order chi connectivity index (χ0) is 16.4. The first kappa shape index (κ1) is 15.7. The Labute approximate surface area is 139 Å². The van der Waals surface area contributed by atoms with Crippen LogP contribution < -0.4 is 0 Å². The van der Waals surface area contributed by atoms with Gasteiger partial charge in [0.2, 0.25) is 0 Å². The Morgan fingerprint density at radius 1 is 1.04 bits per heavy atom. The Morgan fingerprint density at radius 2 is 1.78 bits per heavy atom. The number of esters is 1. The van der Waals surface area contributed by atoms with Crippen LogP contribution in [0.5, 0.6) is 0 Å². The van der Waals surface area contributed by atoms with E-state index in [0.717, 1.165) is 31.6 Å². The van der Waals surface area contributed by atoms with Crippen LogP contribution in [0, 0.1) is 34.5 Å². The summed E-state index contributed by atoms with van der Waals surface area (Å²) in [4.78, 5) is 23.6. The first-order valence-electron chi connectivity index (χ1n) is 9.53. The lowest BCUT2D eigenvalue weighted by Gasteiger charge is -2.57. The van der Waals surface area contributed by atoms with Gasteiger partial charge in [0.1, 0.15) is 11.9 Å². The predicted octanol–water partition coefficient (Wildman–Crippen LogP) is 4.14. The number of rotatable bonds is 1. The molecule has 7 atom stereocenters. The lowest BCUT2D eigenvalue weighted by atomic mass is 9.48. The van der Waals surface area contributed by atoms with Gasteiger partial charge in [0.25, 0.3) is 0 Å². The van der Waals surface area contributed by atoms with Crippen LogP contribution in [0.15, 0.2) is 0 Å². The van der Waals surface area contributed by atoms with E-state index >= 15 is 0 Å². The second kappa shape index (κ2) is 5.07. The summed E-state index contributed by atoms with van der Waals surface area (Å²) in [5.74, 6) is 3.13. The molecule has 0 radical (unpaired) electrons. The molecular weight excluding hydrogens is 288 g/mol. The average molecular weight is 318 g/mol. The van der Waals surface area contributed by atoms with Crippen LogP contribution in [-0.2, 0) is 14.3 Å². The number of carbonyl (C=O) groups excluding carboxylic acids is 2. The van der Waals surface area contributed by atoms with Crippen molar-refractivity contribution in [1.29, 1.82) is 0 Å². The molecular formula is C20H30O3. The van der Waals surface area contributed by atoms with Gasteiger partial charge in [-0.25, -0.2) is 0 Å². The van der Waals surface area contributed by atoms with E-state index in [0.29, 0.717) is 23.5 Å². The molecule has 3 nitrogen and oxygen atoms in total. The average Bonchev–Trinajstić information content (AvgIpc) is 2.94. The van der Waals surface area contributed by atoms with Crippen LogP contribution in [0.3, 0.4) is 0 Å². The van der Waals surface area contributed by atoms with Crippen LogP contribution in [0.2, 0.25) is 0 Å². The molecule has 0 N–H and O–H groups in total. The van der Waals surface area contributed by atoms with Crippen LogP contribution in [0.1, 0.15) is 72.1 Å². The quantitative estimate of drug-likeness (QED) is 0.682. The van der Waals surface area contributed by atoms with Gasteiger partial charge in [-0.2, -0.15) is 0 Å². The number of fused-ring (bicyclic) bond motifs is 5. The number of hydrogen-bond donors (Lipinski definition) is 0. The molecule has 4 fully saturated rings. The van der Waals surface area contributed by atoms with E-state index < -0.39 is 0 Å². The van der Waals surface area contributed by atoms with Crippen molar-refractivity contribution >= 4 is 11.8 Å². The molecule has 0 unspecified atom stereocenters. The third-order valence-corrected chi connectivity index (χ3v) is 8.34. The minimum atomic E-state index is -0.129. The van der Waals surface area contributed by atoms with Crippen LogP contribution in [-0.4, -0.2) is 17.9 Å². The molecule has 23 heavy (non-hydrogen) atoms. The monoisotopic (exact) mass is 318 g/mol. The van der Waals surface area contributed by atoms with Gasteiger partial charge in [-0.1, -0.05) is 13.8 Å². The van der Waals surface area contributed by atoms with Crippen molar-refractivity contribution in [2.45, 2.75) is 78.2 Å². The summed E-state index contributed by atoms with van der Waals surface area (Å²) in [5, 5.41) is 0. The van der Waals surface area contributed by atoms with Crippen molar-refractivity contribution in [2.75, 3.05) is 0 Å². The van der Waals surface area contributed by atoms with E-state index in [-0.39, 0.29) is 22.9 Å². The van der Waals surface area contributed by atoms with Gasteiger partial charge in [-0.3, -0.25) is 9.59 Å². The van der Waals surface area contributed by atoms with Gasteiger partial charge in [0.05, 0.1) is 0 Å². The summed E-state index contributed by atoms with van der Waals surface area (Å²) in [6, 6.07) is 0. The smallest absolute Gasteiger partial charge is 0.302 e. The van der Waals surface area contributed by atoms with Gasteiger partial charge in [-0.05, 0) is 67.6 Å². The molecule has 0 aromatic carbocycles. The summed E-state index contributed by atoms with van der Waals surface area (Å²) in [6.45, 7) is 6.31. The summed E-state index contributed by atoms with van der Waals surface area (Å²) < 4.78 is 5.70. The van der Waals surface area contributed by atoms with Gasteiger partial charge in [0.15, 0.2) is 0 Å². The molecule has 0 aromatic heterocycles. The number of Topliss-reactive ketones (excluding diaryl/α,β-unsaturated/α-hetero) is 1. The van der Waals surface area contributed by atoms with E-state index in [1.165, 1.54) is 25.7 Å². The molecule has 0 aromatic rings. The van der Waals surface area contributed by atoms with E-state index in [4.69, 9.17) is 4.74 Å². The van der Waals surface area contributed by atoms with Gasteiger partial charge < -0.3 is 4.74 Å². The van der Waals surface area contributed by atoms with Gasteiger partial charge >= 0.3 is 5.97 Å². The van der Waals surface area contributed by atoms with Crippen molar-refractivity contribution in [1.82, 2.24) is 0 Å². The Morgan fingerprint density at radius 3 is 2.52 bits per heavy atom. The zero-order valence-electron chi connectivity index (χ0n) is 14.8. The summed E-state index contributed by atoms with van der Waals surface area (Å²) in [5.41, 5.74) is 0.416. The Kier molecular flexibility index (Phi) is 3.45. The fraction of sp³-hybridized carbons (Fsp3) is 0.900. The van der Waals surface area contributed by atoms with E-state index in [9.17, 15) is 9.59 Å². The second-order valence-corrected chi connectivity index (χ2v) is 9.30. The molecule has 0 aliphatic heterocycles. The molecule has 4 rings (SSSR count). The van der Waals surface area contributed by atoms with Crippen molar-refractivity contribution in [3.8, 4) is 0 Å². The molecule has 0 amide bonds. The maximum Gasteiger partial charge on any atom is 0.302 e. The highest BCUT2D eigenvalue weighted by Gasteiger charge is 2.62. The highest BCUT2D eigenvalue weighted by molar-refractivity contribution is 5.82. The van der Waals surface area contributed by atoms with Crippen molar-refractivity contribution < 1.29 is 14.3 Å². The number of ether oxygens (including phenoxy) is 1. The lowest BCUT2D eigenvalue weighted by molar-refractivity contribution is -0.159. The highest BCUT2D eigenvalue weighted by Crippen LogP contribution is 2.66. The SMILES string of the molecule is CC(=O)O[C@H]1CC[C@H]2[C@@H]3CC[C@H]4CC(=O)C[C@]4(C)[C@H]3CC[C@]12C. The van der Waals surface area contributed by atoms with Gasteiger partial charge in [0, 0.05) is 25.2 Å². The second-order valence-electron chi connectivity index (χ2n) is 9.30. The molecule has 0 spiro atoms. The minimum Gasteiger partial charge on any atom is -0.462 e. The predicted molar refractivity (Wildman–Crippen MR) is 87.7 cm³/mol. The van der Waals surface area contributed by atoms with Crippen molar-refractivity contribution in [3.05, 3.63) is 0 Å². The number of carbonyl (C=O) groups is 2. The topological polar surface area (TPSA) is 43.4 Å². The first-order chi connectivity index (χ1) is 10.8. The number of ketones is 1. The molecule has 128 valence electrons. The fourth-order valence-corrected chi connectivity index (χ4v) is 7.26. The molecule has 0 bridgehead atoms. The normalized spacial score (nSPS) is 51.8. The fourth-order valence-electron chi connectivity index (χ4n) is 7.26. The highest BCUT2D eigenvalue weighted by atomic mass is 16.5. The number of hydrogen-bond acceptors (Lipinski definition) is 3. The maximum absolute atomic E-state index is 12.1. The molecule has 4 saturated carbocycles. The minimum absolute atomic E-state index is 0.113. The first-order valence-corrected chi connectivity index (χ1v) is 9.53. The Balaban J connectivity index is 1.60. The molecule has 3 heteroatoms. The van der Waals surface area contributed by atoms with Crippen LogP contribution in [0.4, 0.5) is 0 Å². The van der Waals surface area contributed by atoms with Crippen LogP contribution in [0.25, 0.3) is 0 Å². The van der Waals surface area contributed by atoms with Gasteiger partial charge in [-0.15, -0.1) is 0 Å². The maximum atomic E-state index is 12.1. The molecule has 4 aliphatic carbocycles. The van der Waals surface area contributed by atoms with E-state index in [1.54, 1.807) is 6.92 Å². The molecule has 0 heterocycles. The largest absolute Gasteiger partial charge is 0.462 e. The van der Waals surface area contributed by atoms with E-state index in [1.807, 2.05) is 0 Å². The van der Waals surface area contributed by atoms with Crippen molar-refractivity contribution in [3.63, 3.8) is 0 Å². The Hall–Kier alpha value is -0.860. The summed E-state index contributed by atoms with van der Waals surface area (Å²) in [7, 11) is 0. The zero-order valence-corrected chi connectivity index (χ0v) is 14.8.